The van der Waals surface area contributed by atoms with E-state index in [0.717, 1.165) is 18.1 Å². The summed E-state index contributed by atoms with van der Waals surface area (Å²) in [5.74, 6) is 0.959. The second-order valence-electron chi connectivity index (χ2n) is 5.90. The van der Waals surface area contributed by atoms with Gasteiger partial charge in [-0.2, -0.15) is 15.4 Å². The quantitative estimate of drug-likeness (QED) is 0.753. The molecule has 2 N–H and O–H groups in total. The van der Waals surface area contributed by atoms with E-state index in [2.05, 4.69) is 42.0 Å². The van der Waals surface area contributed by atoms with Gasteiger partial charge in [0.1, 0.15) is 17.1 Å². The van der Waals surface area contributed by atoms with Crippen LogP contribution in [-0.2, 0) is 12.1 Å². The molecule has 3 heterocycles. The van der Waals surface area contributed by atoms with Crippen molar-refractivity contribution >= 4 is 0 Å². The Labute approximate surface area is 133 Å². The largest absolute Gasteiger partial charge is 0.382 e. The Kier molecular flexibility index (Phi) is 3.44. The first kappa shape index (κ1) is 14.1. The number of H-pyrrole nitrogens is 1. The summed E-state index contributed by atoms with van der Waals surface area (Å²) < 4.78 is 2.08. The number of hydrogen-bond donors (Lipinski definition) is 2. The molecule has 0 radical (unpaired) electrons. The third-order valence-electron chi connectivity index (χ3n) is 4.34. The van der Waals surface area contributed by atoms with Crippen molar-refractivity contribution in [1.29, 1.82) is 0 Å². The molecule has 0 spiro atoms. The molecule has 1 aliphatic heterocycles. The molecule has 0 unspecified atom stereocenters. The van der Waals surface area contributed by atoms with E-state index in [1.165, 1.54) is 0 Å². The Bertz CT molecular complexity index is 769. The molecule has 1 saturated heterocycles. The van der Waals surface area contributed by atoms with Gasteiger partial charge < -0.3 is 9.67 Å². The van der Waals surface area contributed by atoms with Crippen LogP contribution in [0.25, 0.3) is 5.69 Å². The van der Waals surface area contributed by atoms with E-state index in [0.29, 0.717) is 25.2 Å². The van der Waals surface area contributed by atoms with Crippen LogP contribution in [0.2, 0.25) is 0 Å². The molecule has 23 heavy (non-hydrogen) atoms. The molecule has 3 aromatic rings. The maximum atomic E-state index is 10.7. The SMILES string of the molecule is O[C@]1(c2cn[nH]n2)CCN(Cc2nccn2-c2ccccc2)C1. The van der Waals surface area contributed by atoms with Crippen LogP contribution in [0.5, 0.6) is 0 Å². The molecule has 118 valence electrons. The average Bonchev–Trinajstić information content (AvgIpc) is 3.30. The van der Waals surface area contributed by atoms with Gasteiger partial charge in [-0.3, -0.25) is 4.90 Å². The number of para-hydroxylation sites is 1. The minimum Gasteiger partial charge on any atom is -0.382 e. The third kappa shape index (κ3) is 2.64. The second kappa shape index (κ2) is 5.60. The standard InChI is InChI=1S/C16H18N6O/c23-16(14-10-18-20-19-14)6-8-21(12-16)11-15-17-7-9-22(15)13-4-2-1-3-5-13/h1-5,7,9-10,23H,6,8,11-12H2,(H,18,19,20)/t16-/m1/s1. The number of benzene rings is 1. The molecule has 4 rings (SSSR count). The smallest absolute Gasteiger partial charge is 0.127 e. The molecular formula is C16H18N6O. The molecule has 1 fully saturated rings. The van der Waals surface area contributed by atoms with Crippen LogP contribution in [0.15, 0.2) is 48.9 Å². The van der Waals surface area contributed by atoms with Crippen LogP contribution in [0.1, 0.15) is 17.9 Å². The summed E-state index contributed by atoms with van der Waals surface area (Å²) in [6.07, 6.45) is 6.01. The zero-order valence-electron chi connectivity index (χ0n) is 12.6. The molecule has 7 nitrogen and oxygen atoms in total. The highest BCUT2D eigenvalue weighted by atomic mass is 16.3. The van der Waals surface area contributed by atoms with Crippen LogP contribution in [0, 0.1) is 0 Å². The molecule has 0 saturated carbocycles. The number of nitrogens with zero attached hydrogens (tertiary/aromatic N) is 5. The molecule has 2 aromatic heterocycles. The number of β-amino-alcohol motifs (C(OH)–C–C–N with tert-alkyl or cyclic N) is 1. The third-order valence-corrected chi connectivity index (χ3v) is 4.34. The summed E-state index contributed by atoms with van der Waals surface area (Å²) in [6, 6.07) is 10.1. The Morgan fingerprint density at radius 1 is 1.26 bits per heavy atom. The van der Waals surface area contributed by atoms with Gasteiger partial charge in [0, 0.05) is 31.2 Å². The Balaban J connectivity index is 1.51. The molecule has 0 bridgehead atoms. The molecule has 1 aromatic carbocycles. The number of imidazole rings is 1. The summed E-state index contributed by atoms with van der Waals surface area (Å²) in [4.78, 5) is 6.66. The lowest BCUT2D eigenvalue weighted by Gasteiger charge is -2.21. The van der Waals surface area contributed by atoms with E-state index in [1.54, 1.807) is 6.20 Å². The predicted octanol–water partition coefficient (Wildman–Crippen LogP) is 1.08. The molecule has 0 amide bonds. The lowest BCUT2D eigenvalue weighted by Crippen LogP contribution is -2.31. The van der Waals surface area contributed by atoms with Gasteiger partial charge in [-0.15, -0.1) is 0 Å². The van der Waals surface area contributed by atoms with E-state index in [1.807, 2.05) is 30.6 Å². The van der Waals surface area contributed by atoms with Crippen LogP contribution in [-0.4, -0.2) is 48.1 Å². The van der Waals surface area contributed by atoms with Gasteiger partial charge in [-0.25, -0.2) is 4.98 Å². The highest BCUT2D eigenvalue weighted by molar-refractivity contribution is 5.32. The fraction of sp³-hybridized carbons (Fsp3) is 0.312. The van der Waals surface area contributed by atoms with E-state index < -0.39 is 5.60 Å². The number of likely N-dealkylation sites (tertiary alicyclic amines) is 1. The molecule has 7 heteroatoms. The first-order chi connectivity index (χ1) is 11.2. The highest BCUT2D eigenvalue weighted by Gasteiger charge is 2.39. The van der Waals surface area contributed by atoms with Crippen LogP contribution in [0.4, 0.5) is 0 Å². The maximum Gasteiger partial charge on any atom is 0.127 e. The van der Waals surface area contributed by atoms with Crippen molar-refractivity contribution in [1.82, 2.24) is 29.9 Å². The summed E-state index contributed by atoms with van der Waals surface area (Å²) >= 11 is 0. The molecule has 1 aliphatic rings. The number of hydrogen-bond acceptors (Lipinski definition) is 5. The van der Waals surface area contributed by atoms with Crippen molar-refractivity contribution in [2.75, 3.05) is 13.1 Å². The zero-order valence-corrected chi connectivity index (χ0v) is 12.6. The highest BCUT2D eigenvalue weighted by Crippen LogP contribution is 2.30. The van der Waals surface area contributed by atoms with Gasteiger partial charge in [-0.05, 0) is 18.6 Å². The van der Waals surface area contributed by atoms with Gasteiger partial charge in [0.25, 0.3) is 0 Å². The van der Waals surface area contributed by atoms with Gasteiger partial charge >= 0.3 is 0 Å². The summed E-state index contributed by atoms with van der Waals surface area (Å²) in [5, 5.41) is 21.1. The van der Waals surface area contributed by atoms with Crippen molar-refractivity contribution in [2.45, 2.75) is 18.6 Å². The summed E-state index contributed by atoms with van der Waals surface area (Å²) in [6.45, 7) is 2.01. The predicted molar refractivity (Wildman–Crippen MR) is 83.7 cm³/mol. The van der Waals surface area contributed by atoms with Gasteiger partial charge in [-0.1, -0.05) is 18.2 Å². The molecular weight excluding hydrogens is 292 g/mol. The van der Waals surface area contributed by atoms with Crippen molar-refractivity contribution in [3.8, 4) is 5.69 Å². The van der Waals surface area contributed by atoms with Crippen molar-refractivity contribution < 1.29 is 5.11 Å². The fourth-order valence-electron chi connectivity index (χ4n) is 3.12. The van der Waals surface area contributed by atoms with E-state index in [-0.39, 0.29) is 0 Å². The monoisotopic (exact) mass is 310 g/mol. The number of aliphatic hydroxyl groups is 1. The number of nitrogens with one attached hydrogen (secondary N) is 1. The molecule has 0 aliphatic carbocycles. The number of rotatable bonds is 4. The van der Waals surface area contributed by atoms with E-state index in [4.69, 9.17) is 0 Å². The van der Waals surface area contributed by atoms with Crippen molar-refractivity contribution in [3.63, 3.8) is 0 Å². The number of aromatic amines is 1. The second-order valence-corrected chi connectivity index (χ2v) is 5.90. The molecule has 1 atom stereocenters. The van der Waals surface area contributed by atoms with Gasteiger partial charge in [0.2, 0.25) is 0 Å². The summed E-state index contributed by atoms with van der Waals surface area (Å²) in [7, 11) is 0. The van der Waals surface area contributed by atoms with Crippen LogP contribution < -0.4 is 0 Å². The Morgan fingerprint density at radius 2 is 2.13 bits per heavy atom. The van der Waals surface area contributed by atoms with Gasteiger partial charge in [0.05, 0.1) is 12.7 Å². The fourth-order valence-corrected chi connectivity index (χ4v) is 3.12. The normalized spacial score (nSPS) is 21.8. The first-order valence-corrected chi connectivity index (χ1v) is 7.63. The lowest BCUT2D eigenvalue weighted by atomic mass is 10.0. The Hall–Kier alpha value is -2.51. The lowest BCUT2D eigenvalue weighted by molar-refractivity contribution is 0.0405. The van der Waals surface area contributed by atoms with Crippen molar-refractivity contribution in [3.05, 3.63) is 60.4 Å². The number of aromatic nitrogens is 5. The van der Waals surface area contributed by atoms with Gasteiger partial charge in [0.15, 0.2) is 0 Å². The minimum atomic E-state index is -0.933. The van der Waals surface area contributed by atoms with Crippen molar-refractivity contribution in [2.24, 2.45) is 0 Å². The first-order valence-electron chi connectivity index (χ1n) is 7.63. The average molecular weight is 310 g/mol. The minimum absolute atomic E-state index is 0.529. The topological polar surface area (TPSA) is 82.9 Å². The maximum absolute atomic E-state index is 10.7. The summed E-state index contributed by atoms with van der Waals surface area (Å²) in [5.41, 5.74) is 0.759. The van der Waals surface area contributed by atoms with E-state index >= 15 is 0 Å². The van der Waals surface area contributed by atoms with E-state index in [9.17, 15) is 5.11 Å². The van der Waals surface area contributed by atoms with Crippen LogP contribution in [0.3, 0.4) is 0 Å². The van der Waals surface area contributed by atoms with Crippen LogP contribution >= 0.6 is 0 Å². The Morgan fingerprint density at radius 3 is 2.91 bits per heavy atom. The zero-order chi connectivity index (χ0) is 15.7.